The van der Waals surface area contributed by atoms with E-state index in [1.807, 2.05) is 19.1 Å². The number of amides is 1. The Labute approximate surface area is 188 Å². The third kappa shape index (κ3) is 5.16. The van der Waals surface area contributed by atoms with Crippen LogP contribution >= 0.6 is 0 Å². The number of carbonyl (C=O) groups is 2. The van der Waals surface area contributed by atoms with Crippen molar-refractivity contribution in [1.82, 2.24) is 25.0 Å². The van der Waals surface area contributed by atoms with Gasteiger partial charge in [-0.05, 0) is 37.5 Å². The fourth-order valence-corrected chi connectivity index (χ4v) is 4.35. The molecule has 0 aliphatic carbocycles. The smallest absolute Gasteiger partial charge is 0.337 e. The van der Waals surface area contributed by atoms with Gasteiger partial charge in [0.1, 0.15) is 5.82 Å². The van der Waals surface area contributed by atoms with Crippen LogP contribution < -0.4 is 5.32 Å². The number of benzene rings is 1. The van der Waals surface area contributed by atoms with E-state index >= 15 is 0 Å². The van der Waals surface area contributed by atoms with Gasteiger partial charge in [0, 0.05) is 51.7 Å². The SMILES string of the molecule is COC(=O)c1ccc(CN2CCc3nnc(C(C)NC(=O)C4CCOCC4)n3CC2)cc1. The zero-order chi connectivity index (χ0) is 22.5. The first kappa shape index (κ1) is 22.4. The van der Waals surface area contributed by atoms with Crippen molar-refractivity contribution in [3.63, 3.8) is 0 Å². The minimum absolute atomic E-state index is 0.0128. The molecule has 0 radical (unpaired) electrons. The average molecular weight is 442 g/mol. The minimum Gasteiger partial charge on any atom is -0.465 e. The number of esters is 1. The number of nitrogens with one attached hydrogen (secondary N) is 1. The molecule has 3 heterocycles. The second-order valence-corrected chi connectivity index (χ2v) is 8.46. The maximum atomic E-state index is 12.6. The van der Waals surface area contributed by atoms with Gasteiger partial charge in [0.15, 0.2) is 5.82 Å². The average Bonchev–Trinajstić information content (AvgIpc) is 3.14. The topological polar surface area (TPSA) is 98.6 Å². The van der Waals surface area contributed by atoms with E-state index < -0.39 is 0 Å². The molecule has 2 aliphatic rings. The number of carbonyl (C=O) groups excluding carboxylic acids is 2. The van der Waals surface area contributed by atoms with Crippen LogP contribution in [0.3, 0.4) is 0 Å². The summed E-state index contributed by atoms with van der Waals surface area (Å²) < 4.78 is 12.3. The van der Waals surface area contributed by atoms with Gasteiger partial charge in [0.25, 0.3) is 0 Å². The van der Waals surface area contributed by atoms with Crippen molar-refractivity contribution in [2.24, 2.45) is 5.92 Å². The molecule has 1 amide bonds. The van der Waals surface area contributed by atoms with Crippen molar-refractivity contribution in [1.29, 1.82) is 0 Å². The maximum absolute atomic E-state index is 12.6. The first-order chi connectivity index (χ1) is 15.5. The summed E-state index contributed by atoms with van der Waals surface area (Å²) in [6, 6.07) is 7.35. The lowest BCUT2D eigenvalue weighted by atomic mass is 9.99. The molecule has 1 aromatic carbocycles. The van der Waals surface area contributed by atoms with E-state index in [0.717, 1.165) is 62.7 Å². The summed E-state index contributed by atoms with van der Waals surface area (Å²) in [4.78, 5) is 26.6. The summed E-state index contributed by atoms with van der Waals surface area (Å²) in [5.74, 6) is 1.53. The number of aromatic nitrogens is 3. The van der Waals surface area contributed by atoms with Gasteiger partial charge in [-0.1, -0.05) is 12.1 Å². The molecule has 2 aromatic rings. The molecule has 0 saturated carbocycles. The van der Waals surface area contributed by atoms with Crippen LogP contribution in [0, 0.1) is 5.92 Å². The van der Waals surface area contributed by atoms with Crippen molar-refractivity contribution in [3.05, 3.63) is 47.0 Å². The molecule has 1 N–H and O–H groups in total. The Hall–Kier alpha value is -2.78. The van der Waals surface area contributed by atoms with Crippen LogP contribution in [0.5, 0.6) is 0 Å². The fourth-order valence-electron chi connectivity index (χ4n) is 4.35. The van der Waals surface area contributed by atoms with Crippen molar-refractivity contribution in [2.75, 3.05) is 33.4 Å². The third-order valence-corrected chi connectivity index (χ3v) is 6.27. The first-order valence-electron chi connectivity index (χ1n) is 11.2. The summed E-state index contributed by atoms with van der Waals surface area (Å²) in [5.41, 5.74) is 1.70. The predicted molar refractivity (Wildman–Crippen MR) is 117 cm³/mol. The van der Waals surface area contributed by atoms with Crippen LogP contribution in [0.15, 0.2) is 24.3 Å². The molecule has 1 unspecified atom stereocenters. The molecule has 4 rings (SSSR count). The summed E-state index contributed by atoms with van der Waals surface area (Å²) in [6.45, 7) is 6.57. The zero-order valence-corrected chi connectivity index (χ0v) is 18.7. The van der Waals surface area contributed by atoms with E-state index in [2.05, 4.69) is 25.0 Å². The molecule has 0 bridgehead atoms. The Kier molecular flexibility index (Phi) is 7.16. The van der Waals surface area contributed by atoms with Gasteiger partial charge in [-0.3, -0.25) is 9.69 Å². The second-order valence-electron chi connectivity index (χ2n) is 8.46. The van der Waals surface area contributed by atoms with Crippen LogP contribution in [-0.4, -0.2) is 65.0 Å². The van der Waals surface area contributed by atoms with Crippen LogP contribution in [0.4, 0.5) is 0 Å². The van der Waals surface area contributed by atoms with E-state index in [-0.39, 0.29) is 23.8 Å². The monoisotopic (exact) mass is 441 g/mol. The molecule has 172 valence electrons. The van der Waals surface area contributed by atoms with Gasteiger partial charge < -0.3 is 19.4 Å². The summed E-state index contributed by atoms with van der Waals surface area (Å²) in [7, 11) is 1.39. The van der Waals surface area contributed by atoms with Crippen LogP contribution in [0.1, 0.15) is 53.4 Å². The molecule has 0 spiro atoms. The largest absolute Gasteiger partial charge is 0.465 e. The highest BCUT2D eigenvalue weighted by molar-refractivity contribution is 5.89. The van der Waals surface area contributed by atoms with Gasteiger partial charge in [-0.2, -0.15) is 0 Å². The van der Waals surface area contributed by atoms with Gasteiger partial charge in [0.05, 0.1) is 18.7 Å². The highest BCUT2D eigenvalue weighted by atomic mass is 16.5. The van der Waals surface area contributed by atoms with Crippen molar-refractivity contribution >= 4 is 11.9 Å². The quantitative estimate of drug-likeness (QED) is 0.682. The van der Waals surface area contributed by atoms with Crippen LogP contribution in [-0.2, 0) is 33.8 Å². The van der Waals surface area contributed by atoms with E-state index in [9.17, 15) is 9.59 Å². The number of hydrogen-bond donors (Lipinski definition) is 1. The summed E-state index contributed by atoms with van der Waals surface area (Å²) >= 11 is 0. The lowest BCUT2D eigenvalue weighted by Gasteiger charge is -2.23. The van der Waals surface area contributed by atoms with Crippen molar-refractivity contribution < 1.29 is 19.1 Å². The number of fused-ring (bicyclic) bond motifs is 1. The molecular weight excluding hydrogens is 410 g/mol. The van der Waals surface area contributed by atoms with Crippen molar-refractivity contribution in [2.45, 2.75) is 45.3 Å². The fraction of sp³-hybridized carbons (Fsp3) is 0.565. The minimum atomic E-state index is -0.324. The Morgan fingerprint density at radius 2 is 1.91 bits per heavy atom. The number of rotatable bonds is 6. The predicted octanol–water partition coefficient (Wildman–Crippen LogP) is 1.73. The normalized spacial score (nSPS) is 18.4. The second kappa shape index (κ2) is 10.2. The molecule has 1 aromatic heterocycles. The van der Waals surface area contributed by atoms with E-state index in [1.165, 1.54) is 7.11 Å². The summed E-state index contributed by atoms with van der Waals surface area (Å²) in [6.07, 6.45) is 2.34. The molecule has 2 aliphatic heterocycles. The van der Waals surface area contributed by atoms with Gasteiger partial charge in [0.2, 0.25) is 5.91 Å². The lowest BCUT2D eigenvalue weighted by Crippen LogP contribution is -2.36. The van der Waals surface area contributed by atoms with E-state index in [4.69, 9.17) is 9.47 Å². The molecule has 1 fully saturated rings. The molecule has 9 heteroatoms. The highest BCUT2D eigenvalue weighted by Crippen LogP contribution is 2.20. The number of hydrogen-bond acceptors (Lipinski definition) is 7. The number of ether oxygens (including phenoxy) is 2. The van der Waals surface area contributed by atoms with Gasteiger partial charge in [-0.15, -0.1) is 10.2 Å². The third-order valence-electron chi connectivity index (χ3n) is 6.27. The van der Waals surface area contributed by atoms with Crippen LogP contribution in [0.2, 0.25) is 0 Å². The molecule has 9 nitrogen and oxygen atoms in total. The Morgan fingerprint density at radius 3 is 2.62 bits per heavy atom. The Balaban J connectivity index is 1.35. The number of nitrogens with zero attached hydrogens (tertiary/aromatic N) is 4. The van der Waals surface area contributed by atoms with Gasteiger partial charge >= 0.3 is 5.97 Å². The van der Waals surface area contributed by atoms with E-state index in [0.29, 0.717) is 18.8 Å². The molecule has 32 heavy (non-hydrogen) atoms. The molecular formula is C23H31N5O4. The Morgan fingerprint density at radius 1 is 1.16 bits per heavy atom. The first-order valence-corrected chi connectivity index (χ1v) is 11.2. The molecule has 1 atom stereocenters. The van der Waals surface area contributed by atoms with Crippen molar-refractivity contribution in [3.8, 4) is 0 Å². The standard InChI is InChI=1S/C23H31N5O4/c1-16(24-22(29)18-8-13-32-14-9-18)21-26-25-20-7-10-27(11-12-28(20)21)15-17-3-5-19(6-4-17)23(30)31-2/h3-6,16,18H,7-15H2,1-2H3,(H,24,29). The Bertz CT molecular complexity index is 936. The number of methoxy groups -OCH3 is 1. The molecule has 1 saturated heterocycles. The van der Waals surface area contributed by atoms with E-state index in [1.54, 1.807) is 12.1 Å². The summed E-state index contributed by atoms with van der Waals surface area (Å²) in [5, 5.41) is 11.9. The lowest BCUT2D eigenvalue weighted by molar-refractivity contribution is -0.128. The zero-order valence-electron chi connectivity index (χ0n) is 18.7. The van der Waals surface area contributed by atoms with Crippen LogP contribution in [0.25, 0.3) is 0 Å². The maximum Gasteiger partial charge on any atom is 0.337 e. The van der Waals surface area contributed by atoms with Gasteiger partial charge in [-0.25, -0.2) is 4.79 Å². The highest BCUT2D eigenvalue weighted by Gasteiger charge is 2.26.